The van der Waals surface area contributed by atoms with Gasteiger partial charge in [0.25, 0.3) is 0 Å². The fourth-order valence-electron chi connectivity index (χ4n) is 2.40. The third kappa shape index (κ3) is 3.71. The molecular formula is C17H20NO2S+. The fourth-order valence-corrected chi connectivity index (χ4v) is 2.80. The van der Waals surface area contributed by atoms with E-state index in [-0.39, 0.29) is 0 Å². The normalized spacial score (nSPS) is 12.6. The van der Waals surface area contributed by atoms with Crippen LogP contribution in [-0.2, 0) is 13.0 Å². The molecule has 3 nitrogen and oxygen atoms in total. The fraction of sp³-hybridized carbons (Fsp3) is 0.294. The van der Waals surface area contributed by atoms with Crippen LogP contribution < -0.4 is 14.8 Å². The van der Waals surface area contributed by atoms with Crippen LogP contribution in [0.15, 0.2) is 47.4 Å². The number of ether oxygens (including phenoxy) is 2. The summed E-state index contributed by atoms with van der Waals surface area (Å²) in [4.78, 5) is 1.32. The molecule has 0 saturated carbocycles. The summed E-state index contributed by atoms with van der Waals surface area (Å²) in [6.07, 6.45) is 3.14. The topological polar surface area (TPSA) is 35.1 Å². The van der Waals surface area contributed by atoms with Gasteiger partial charge in [-0.1, -0.05) is 18.2 Å². The van der Waals surface area contributed by atoms with Crippen molar-refractivity contribution < 1.29 is 14.8 Å². The number of hydrogen-bond donors (Lipinski definition) is 1. The molecule has 4 heteroatoms. The van der Waals surface area contributed by atoms with Crippen molar-refractivity contribution in [3.05, 3.63) is 53.6 Å². The third-order valence-corrected chi connectivity index (χ3v) is 4.36. The second-order valence-electron chi connectivity index (χ2n) is 5.07. The Bertz CT molecular complexity index is 598. The van der Waals surface area contributed by atoms with Crippen molar-refractivity contribution in [1.29, 1.82) is 0 Å². The third-order valence-electron chi connectivity index (χ3n) is 3.61. The van der Waals surface area contributed by atoms with Gasteiger partial charge in [0, 0.05) is 16.9 Å². The van der Waals surface area contributed by atoms with Crippen molar-refractivity contribution in [3.63, 3.8) is 0 Å². The highest BCUT2D eigenvalue weighted by molar-refractivity contribution is 7.98. The molecule has 2 N–H and O–H groups in total. The molecule has 3 rings (SSSR count). The van der Waals surface area contributed by atoms with Gasteiger partial charge < -0.3 is 14.8 Å². The Balaban J connectivity index is 1.45. The second kappa shape index (κ2) is 6.87. The summed E-state index contributed by atoms with van der Waals surface area (Å²) in [5.41, 5.74) is 2.67. The summed E-state index contributed by atoms with van der Waals surface area (Å²) in [5.74, 6) is 1.73. The van der Waals surface area contributed by atoms with E-state index in [1.807, 2.05) is 6.07 Å². The first-order valence-electron chi connectivity index (χ1n) is 7.18. The molecule has 110 valence electrons. The molecule has 1 heterocycles. The van der Waals surface area contributed by atoms with E-state index in [9.17, 15) is 0 Å². The monoisotopic (exact) mass is 302 g/mol. The smallest absolute Gasteiger partial charge is 0.231 e. The average molecular weight is 302 g/mol. The van der Waals surface area contributed by atoms with Gasteiger partial charge in [0.2, 0.25) is 6.79 Å². The number of quaternary nitrogens is 1. The Labute approximate surface area is 129 Å². The highest BCUT2D eigenvalue weighted by Crippen LogP contribution is 2.32. The highest BCUT2D eigenvalue weighted by atomic mass is 32.2. The summed E-state index contributed by atoms with van der Waals surface area (Å²) in [7, 11) is 0. The van der Waals surface area contributed by atoms with Crippen molar-refractivity contribution in [2.45, 2.75) is 17.9 Å². The molecule has 2 aromatic carbocycles. The van der Waals surface area contributed by atoms with E-state index in [0.29, 0.717) is 6.79 Å². The first-order valence-corrected chi connectivity index (χ1v) is 8.41. The van der Waals surface area contributed by atoms with Gasteiger partial charge in [0.15, 0.2) is 11.5 Å². The minimum atomic E-state index is 0.344. The van der Waals surface area contributed by atoms with Crippen molar-refractivity contribution in [2.75, 3.05) is 19.6 Å². The second-order valence-corrected chi connectivity index (χ2v) is 5.95. The van der Waals surface area contributed by atoms with Crippen molar-refractivity contribution >= 4 is 11.8 Å². The van der Waals surface area contributed by atoms with Gasteiger partial charge in [0.05, 0.1) is 6.54 Å². The molecule has 0 atom stereocenters. The number of rotatable bonds is 6. The summed E-state index contributed by atoms with van der Waals surface area (Å²) < 4.78 is 10.7. The van der Waals surface area contributed by atoms with E-state index in [1.54, 1.807) is 11.8 Å². The zero-order valence-electron chi connectivity index (χ0n) is 12.2. The minimum absolute atomic E-state index is 0.344. The molecule has 0 aromatic heterocycles. The van der Waals surface area contributed by atoms with Crippen molar-refractivity contribution in [1.82, 2.24) is 0 Å². The van der Waals surface area contributed by atoms with E-state index >= 15 is 0 Å². The Morgan fingerprint density at radius 1 is 1.00 bits per heavy atom. The van der Waals surface area contributed by atoms with Gasteiger partial charge >= 0.3 is 0 Å². The van der Waals surface area contributed by atoms with Gasteiger partial charge in [-0.2, -0.15) is 0 Å². The molecule has 0 aliphatic carbocycles. The highest BCUT2D eigenvalue weighted by Gasteiger charge is 2.13. The summed E-state index contributed by atoms with van der Waals surface area (Å²) in [5, 5.41) is 2.35. The lowest BCUT2D eigenvalue weighted by molar-refractivity contribution is -0.670. The zero-order valence-corrected chi connectivity index (χ0v) is 13.0. The van der Waals surface area contributed by atoms with E-state index in [2.05, 4.69) is 48.0 Å². The lowest BCUT2D eigenvalue weighted by Gasteiger charge is -2.04. The number of nitrogens with two attached hydrogens (primary N) is 1. The Kier molecular flexibility index (Phi) is 4.68. The van der Waals surface area contributed by atoms with E-state index < -0.39 is 0 Å². The van der Waals surface area contributed by atoms with Gasteiger partial charge in [-0.3, -0.25) is 0 Å². The molecule has 0 fully saturated rings. The predicted octanol–water partition coefficient (Wildman–Crippen LogP) is 2.44. The van der Waals surface area contributed by atoms with Crippen molar-refractivity contribution in [3.8, 4) is 11.5 Å². The molecule has 0 bridgehead atoms. The molecule has 0 saturated heterocycles. The average Bonchev–Trinajstić information content (AvgIpc) is 3.00. The van der Waals surface area contributed by atoms with Crippen LogP contribution >= 0.6 is 11.8 Å². The number of fused-ring (bicyclic) bond motifs is 1. The largest absolute Gasteiger partial charge is 0.454 e. The maximum atomic E-state index is 5.40. The Morgan fingerprint density at radius 2 is 1.76 bits per heavy atom. The quantitative estimate of drug-likeness (QED) is 0.657. The molecule has 0 radical (unpaired) electrons. The molecule has 0 unspecified atom stereocenters. The Morgan fingerprint density at radius 3 is 2.57 bits per heavy atom. The van der Waals surface area contributed by atoms with Crippen LogP contribution in [-0.4, -0.2) is 19.6 Å². The standard InChI is InChI=1S/C17H19NO2S/c1-21-15-5-2-14(3-6-15)11-18-9-8-13-4-7-16-17(10-13)20-12-19-16/h2-7,10,18H,8-9,11-12H2,1H3/p+1. The molecule has 21 heavy (non-hydrogen) atoms. The van der Waals surface area contributed by atoms with E-state index in [1.165, 1.54) is 16.0 Å². The summed E-state index contributed by atoms with van der Waals surface area (Å²) in [6.45, 7) is 2.44. The number of benzene rings is 2. The number of thioether (sulfide) groups is 1. The zero-order chi connectivity index (χ0) is 14.5. The molecule has 0 amide bonds. The van der Waals surface area contributed by atoms with Gasteiger partial charge in [-0.15, -0.1) is 11.8 Å². The van der Waals surface area contributed by atoms with Crippen molar-refractivity contribution in [2.24, 2.45) is 0 Å². The summed E-state index contributed by atoms with van der Waals surface area (Å²) in [6, 6.07) is 15.0. The molecule has 1 aliphatic heterocycles. The van der Waals surface area contributed by atoms with E-state index in [0.717, 1.165) is 31.0 Å². The van der Waals surface area contributed by atoms with Crippen LogP contribution in [0.25, 0.3) is 0 Å². The maximum Gasteiger partial charge on any atom is 0.231 e. The molecule has 0 spiro atoms. The van der Waals surface area contributed by atoms with Gasteiger partial charge in [-0.05, 0) is 36.1 Å². The maximum absolute atomic E-state index is 5.40. The molecule has 2 aromatic rings. The first kappa shape index (κ1) is 14.3. The number of hydrogen-bond acceptors (Lipinski definition) is 3. The lowest BCUT2D eigenvalue weighted by Crippen LogP contribution is -2.83. The van der Waals surface area contributed by atoms with Crippen LogP contribution in [0.1, 0.15) is 11.1 Å². The first-order chi connectivity index (χ1) is 10.3. The molecular weight excluding hydrogens is 282 g/mol. The van der Waals surface area contributed by atoms with Crippen LogP contribution in [0.3, 0.4) is 0 Å². The van der Waals surface area contributed by atoms with Crippen LogP contribution in [0.2, 0.25) is 0 Å². The van der Waals surface area contributed by atoms with E-state index in [4.69, 9.17) is 9.47 Å². The van der Waals surface area contributed by atoms with Gasteiger partial charge in [-0.25, -0.2) is 0 Å². The van der Waals surface area contributed by atoms with Crippen LogP contribution in [0.4, 0.5) is 0 Å². The predicted molar refractivity (Wildman–Crippen MR) is 85.0 cm³/mol. The molecule has 1 aliphatic rings. The summed E-state index contributed by atoms with van der Waals surface area (Å²) >= 11 is 1.78. The lowest BCUT2D eigenvalue weighted by atomic mass is 10.1. The Hall–Kier alpha value is -1.65. The van der Waals surface area contributed by atoms with Crippen LogP contribution in [0, 0.1) is 0 Å². The van der Waals surface area contributed by atoms with Crippen LogP contribution in [0.5, 0.6) is 11.5 Å². The SMILES string of the molecule is CSc1ccc(C[NH2+]CCc2ccc3c(c2)OCO3)cc1. The minimum Gasteiger partial charge on any atom is -0.454 e. The van der Waals surface area contributed by atoms with Gasteiger partial charge in [0.1, 0.15) is 6.54 Å².